The van der Waals surface area contributed by atoms with E-state index in [0.717, 1.165) is 31.0 Å². The van der Waals surface area contributed by atoms with Gasteiger partial charge in [0.2, 0.25) is 0 Å². The number of imidazole rings is 1. The molecule has 0 radical (unpaired) electrons. The van der Waals surface area contributed by atoms with E-state index in [2.05, 4.69) is 64.0 Å². The summed E-state index contributed by atoms with van der Waals surface area (Å²) >= 11 is 0. The monoisotopic (exact) mass is 323 g/mol. The van der Waals surface area contributed by atoms with Crippen molar-refractivity contribution in [1.82, 2.24) is 25.1 Å². The molecule has 0 spiro atoms. The van der Waals surface area contributed by atoms with Gasteiger partial charge in [-0.05, 0) is 39.3 Å². The minimum absolute atomic E-state index is 0.798. The number of hydrogen-bond donors (Lipinski definition) is 2. The molecule has 0 bridgehead atoms. The Hall–Kier alpha value is -2.40. The van der Waals surface area contributed by atoms with Gasteiger partial charge in [-0.25, -0.2) is 4.98 Å². The molecule has 5 nitrogen and oxygen atoms in total. The van der Waals surface area contributed by atoms with Gasteiger partial charge in [0.1, 0.15) is 0 Å². The number of benzene rings is 1. The Bertz CT molecular complexity index is 828. The summed E-state index contributed by atoms with van der Waals surface area (Å²) < 4.78 is 2.18. The first-order valence-corrected chi connectivity index (χ1v) is 8.35. The zero-order valence-electron chi connectivity index (χ0n) is 14.8. The highest BCUT2D eigenvalue weighted by Gasteiger charge is 2.10. The standard InChI is InChI=1S/C19H25N5/c1-13-5-6-14(2)18(9-13)19-17(11-22-23-19)10-20-7-8-24-12-21-15(3)16(24)4/h5-6,9,11-12,20H,7-8,10H2,1-4H3,(H,22,23). The lowest BCUT2D eigenvalue weighted by atomic mass is 10.0. The van der Waals surface area contributed by atoms with Crippen LogP contribution in [0.15, 0.2) is 30.7 Å². The summed E-state index contributed by atoms with van der Waals surface area (Å²) in [5, 5.41) is 10.9. The first-order chi connectivity index (χ1) is 11.6. The van der Waals surface area contributed by atoms with Crippen molar-refractivity contribution in [3.8, 4) is 11.3 Å². The van der Waals surface area contributed by atoms with Gasteiger partial charge in [-0.1, -0.05) is 17.7 Å². The van der Waals surface area contributed by atoms with Crippen LogP contribution < -0.4 is 5.32 Å². The molecule has 2 N–H and O–H groups in total. The van der Waals surface area contributed by atoms with Crippen LogP contribution in [0.5, 0.6) is 0 Å². The molecule has 2 aromatic heterocycles. The van der Waals surface area contributed by atoms with Crippen molar-refractivity contribution in [3.63, 3.8) is 0 Å². The van der Waals surface area contributed by atoms with Gasteiger partial charge < -0.3 is 9.88 Å². The van der Waals surface area contributed by atoms with Gasteiger partial charge in [-0.3, -0.25) is 5.10 Å². The predicted molar refractivity (Wildman–Crippen MR) is 96.9 cm³/mol. The van der Waals surface area contributed by atoms with Gasteiger partial charge in [-0.2, -0.15) is 5.10 Å². The smallest absolute Gasteiger partial charge is 0.0951 e. The van der Waals surface area contributed by atoms with Crippen molar-refractivity contribution < 1.29 is 0 Å². The van der Waals surface area contributed by atoms with Crippen LogP contribution in [0, 0.1) is 27.7 Å². The lowest BCUT2D eigenvalue weighted by Gasteiger charge is -2.10. The fourth-order valence-corrected chi connectivity index (χ4v) is 2.88. The lowest BCUT2D eigenvalue weighted by molar-refractivity contribution is 0.589. The summed E-state index contributed by atoms with van der Waals surface area (Å²) in [6.07, 6.45) is 3.82. The predicted octanol–water partition coefficient (Wildman–Crippen LogP) is 3.30. The van der Waals surface area contributed by atoms with Crippen molar-refractivity contribution >= 4 is 0 Å². The molecule has 1 aromatic carbocycles. The van der Waals surface area contributed by atoms with Gasteiger partial charge in [0.25, 0.3) is 0 Å². The highest BCUT2D eigenvalue weighted by Crippen LogP contribution is 2.25. The van der Waals surface area contributed by atoms with E-state index in [4.69, 9.17) is 0 Å². The molecule has 3 rings (SSSR count). The molecular weight excluding hydrogens is 298 g/mol. The average Bonchev–Trinajstić information content (AvgIpc) is 3.15. The number of aryl methyl sites for hydroxylation is 3. The van der Waals surface area contributed by atoms with Crippen molar-refractivity contribution in [2.24, 2.45) is 0 Å². The van der Waals surface area contributed by atoms with E-state index in [1.807, 2.05) is 19.4 Å². The second-order valence-electron chi connectivity index (χ2n) is 6.37. The summed E-state index contributed by atoms with van der Waals surface area (Å²) in [6.45, 7) is 11.0. The Balaban J connectivity index is 1.64. The largest absolute Gasteiger partial charge is 0.333 e. The van der Waals surface area contributed by atoms with E-state index in [1.165, 1.54) is 27.9 Å². The summed E-state index contributed by atoms with van der Waals surface area (Å²) in [6, 6.07) is 6.51. The van der Waals surface area contributed by atoms with E-state index in [9.17, 15) is 0 Å². The maximum absolute atomic E-state index is 4.34. The summed E-state index contributed by atoms with van der Waals surface area (Å²) in [5.74, 6) is 0. The molecule has 2 heterocycles. The highest BCUT2D eigenvalue weighted by atomic mass is 15.1. The average molecular weight is 323 g/mol. The van der Waals surface area contributed by atoms with Crippen LogP contribution in [0.1, 0.15) is 28.1 Å². The van der Waals surface area contributed by atoms with Gasteiger partial charge in [0, 0.05) is 36.5 Å². The van der Waals surface area contributed by atoms with E-state index < -0.39 is 0 Å². The van der Waals surface area contributed by atoms with Crippen LogP contribution >= 0.6 is 0 Å². The Kier molecular flexibility index (Phi) is 4.81. The summed E-state index contributed by atoms with van der Waals surface area (Å²) in [4.78, 5) is 4.34. The second kappa shape index (κ2) is 7.01. The second-order valence-corrected chi connectivity index (χ2v) is 6.37. The molecule has 0 saturated heterocycles. The van der Waals surface area contributed by atoms with Crippen LogP contribution in [0.25, 0.3) is 11.3 Å². The van der Waals surface area contributed by atoms with Crippen LogP contribution in [0.2, 0.25) is 0 Å². The van der Waals surface area contributed by atoms with Crippen molar-refractivity contribution in [2.45, 2.75) is 40.8 Å². The number of nitrogens with one attached hydrogen (secondary N) is 2. The van der Waals surface area contributed by atoms with Crippen LogP contribution in [0.4, 0.5) is 0 Å². The lowest BCUT2D eigenvalue weighted by Crippen LogP contribution is -2.20. The molecule has 3 aromatic rings. The van der Waals surface area contributed by atoms with Crippen LogP contribution in [-0.2, 0) is 13.1 Å². The molecule has 126 valence electrons. The molecule has 0 amide bonds. The van der Waals surface area contributed by atoms with Gasteiger partial charge in [0.05, 0.1) is 23.9 Å². The van der Waals surface area contributed by atoms with Crippen molar-refractivity contribution in [1.29, 1.82) is 0 Å². The molecule has 0 atom stereocenters. The molecule has 0 aliphatic heterocycles. The molecular formula is C19H25N5. The van der Waals surface area contributed by atoms with Crippen LogP contribution in [-0.4, -0.2) is 26.3 Å². The van der Waals surface area contributed by atoms with Crippen molar-refractivity contribution in [2.75, 3.05) is 6.54 Å². The molecule has 0 saturated carbocycles. The molecule has 0 unspecified atom stereocenters. The van der Waals surface area contributed by atoms with Gasteiger partial charge in [0.15, 0.2) is 0 Å². The summed E-state index contributed by atoms with van der Waals surface area (Å²) in [7, 11) is 0. The Morgan fingerprint density at radius 1 is 1.17 bits per heavy atom. The Morgan fingerprint density at radius 2 is 2.00 bits per heavy atom. The number of rotatable bonds is 6. The fraction of sp³-hybridized carbons (Fsp3) is 0.368. The number of H-pyrrole nitrogens is 1. The first kappa shape index (κ1) is 16.5. The normalized spacial score (nSPS) is 11.2. The zero-order valence-corrected chi connectivity index (χ0v) is 14.8. The van der Waals surface area contributed by atoms with Crippen molar-refractivity contribution in [3.05, 3.63) is 58.8 Å². The maximum Gasteiger partial charge on any atom is 0.0951 e. The van der Waals surface area contributed by atoms with E-state index in [-0.39, 0.29) is 0 Å². The minimum atomic E-state index is 0.798. The van der Waals surface area contributed by atoms with Gasteiger partial charge >= 0.3 is 0 Å². The number of hydrogen-bond acceptors (Lipinski definition) is 3. The molecule has 24 heavy (non-hydrogen) atoms. The zero-order chi connectivity index (χ0) is 17.1. The quantitative estimate of drug-likeness (QED) is 0.684. The van der Waals surface area contributed by atoms with E-state index in [0.29, 0.717) is 0 Å². The molecule has 0 aliphatic carbocycles. The van der Waals surface area contributed by atoms with Crippen LogP contribution in [0.3, 0.4) is 0 Å². The minimum Gasteiger partial charge on any atom is -0.333 e. The molecule has 0 fully saturated rings. The third-order valence-electron chi connectivity index (χ3n) is 4.57. The highest BCUT2D eigenvalue weighted by molar-refractivity contribution is 5.67. The Labute approximate surface area is 143 Å². The number of aromatic amines is 1. The molecule has 0 aliphatic rings. The first-order valence-electron chi connectivity index (χ1n) is 8.35. The van der Waals surface area contributed by atoms with Gasteiger partial charge in [-0.15, -0.1) is 0 Å². The van der Waals surface area contributed by atoms with E-state index in [1.54, 1.807) is 0 Å². The number of aromatic nitrogens is 4. The topological polar surface area (TPSA) is 58.5 Å². The Morgan fingerprint density at radius 3 is 2.75 bits per heavy atom. The number of nitrogens with zero attached hydrogens (tertiary/aromatic N) is 3. The van der Waals surface area contributed by atoms with E-state index >= 15 is 0 Å². The molecule has 5 heteroatoms. The third-order valence-corrected chi connectivity index (χ3v) is 4.57. The fourth-order valence-electron chi connectivity index (χ4n) is 2.88. The third kappa shape index (κ3) is 3.41. The summed E-state index contributed by atoms with van der Waals surface area (Å²) in [5.41, 5.74) is 8.38. The SMILES string of the molecule is Cc1ccc(C)c(-c2[nH]ncc2CNCCn2cnc(C)c2C)c1. The maximum atomic E-state index is 4.34.